The number of hydrogen-bond acceptors (Lipinski definition) is 4. The molecule has 5 heteroatoms. The largest absolute Gasteiger partial charge is 0.497 e. The average Bonchev–Trinajstić information content (AvgIpc) is 2.70. The lowest BCUT2D eigenvalue weighted by Gasteiger charge is -2.24. The van der Waals surface area contributed by atoms with Crippen molar-refractivity contribution in [1.29, 1.82) is 0 Å². The van der Waals surface area contributed by atoms with Gasteiger partial charge >= 0.3 is 0 Å². The van der Waals surface area contributed by atoms with Crippen LogP contribution in [0.3, 0.4) is 0 Å². The van der Waals surface area contributed by atoms with E-state index in [0.717, 1.165) is 34.7 Å². The fraction of sp³-hybridized carbons (Fsp3) is 0.227. The number of methoxy groups -OCH3 is 2. The molecule has 0 saturated carbocycles. The summed E-state index contributed by atoms with van der Waals surface area (Å²) in [6, 6.07) is 16.4. The van der Waals surface area contributed by atoms with Crippen LogP contribution in [0.5, 0.6) is 11.5 Å². The fourth-order valence-corrected chi connectivity index (χ4v) is 2.99. The number of nitrogens with zero attached hydrogens (tertiary/aromatic N) is 2. The molecular weight excluding hydrogens is 343 g/mol. The molecule has 3 rings (SSSR count). The highest BCUT2D eigenvalue weighted by Gasteiger charge is 2.13. The molecule has 0 bridgehead atoms. The number of pyridine rings is 1. The zero-order valence-corrected chi connectivity index (χ0v) is 15.6. The van der Waals surface area contributed by atoms with Crippen LogP contribution >= 0.6 is 0 Å². The highest BCUT2D eigenvalue weighted by molar-refractivity contribution is 5.40. The zero-order valence-electron chi connectivity index (χ0n) is 15.6. The molecular formula is C22H23FN2O2. The summed E-state index contributed by atoms with van der Waals surface area (Å²) in [4.78, 5) is 6.47. The van der Waals surface area contributed by atoms with Crippen LogP contribution in [-0.4, -0.2) is 24.1 Å². The molecule has 4 nitrogen and oxygen atoms in total. The molecule has 1 aromatic heterocycles. The first-order valence-corrected chi connectivity index (χ1v) is 8.74. The molecule has 27 heavy (non-hydrogen) atoms. The first-order chi connectivity index (χ1) is 13.2. The second-order valence-corrected chi connectivity index (χ2v) is 6.31. The van der Waals surface area contributed by atoms with Gasteiger partial charge in [-0.2, -0.15) is 0 Å². The Bertz CT molecular complexity index is 854. The third-order valence-electron chi connectivity index (χ3n) is 4.34. The minimum Gasteiger partial charge on any atom is -0.497 e. The Kier molecular flexibility index (Phi) is 6.39. The maximum Gasteiger partial charge on any atom is 0.127 e. The molecule has 2 aromatic carbocycles. The molecule has 0 fully saturated rings. The Morgan fingerprint density at radius 2 is 1.67 bits per heavy atom. The molecule has 0 radical (unpaired) electrons. The normalized spacial score (nSPS) is 10.8. The van der Waals surface area contributed by atoms with Crippen LogP contribution in [0, 0.1) is 5.82 Å². The second kappa shape index (κ2) is 9.14. The molecule has 0 amide bonds. The first kappa shape index (κ1) is 18.9. The van der Waals surface area contributed by atoms with Gasteiger partial charge in [-0.05, 0) is 35.4 Å². The van der Waals surface area contributed by atoms with Crippen molar-refractivity contribution in [3.05, 3.63) is 89.5 Å². The Hall–Kier alpha value is -2.92. The van der Waals surface area contributed by atoms with E-state index < -0.39 is 0 Å². The Balaban J connectivity index is 1.83. The highest BCUT2D eigenvalue weighted by atomic mass is 19.1. The van der Waals surface area contributed by atoms with Gasteiger partial charge in [0.25, 0.3) is 0 Å². The lowest BCUT2D eigenvalue weighted by molar-refractivity contribution is 0.243. The Morgan fingerprint density at radius 1 is 0.889 bits per heavy atom. The number of benzene rings is 2. The fourth-order valence-electron chi connectivity index (χ4n) is 2.99. The molecule has 0 atom stereocenters. The predicted octanol–water partition coefficient (Wildman–Crippen LogP) is 4.44. The van der Waals surface area contributed by atoms with E-state index in [2.05, 4.69) is 16.0 Å². The standard InChI is InChI=1S/C22H23FN2O2/c1-26-21-10-7-19(22(12-21)27-2)16-25(15-18-4-3-11-24-13-18)14-17-5-8-20(23)9-6-17/h3-13H,14-16H2,1-2H3. The van der Waals surface area contributed by atoms with E-state index in [1.165, 1.54) is 12.1 Å². The smallest absolute Gasteiger partial charge is 0.127 e. The van der Waals surface area contributed by atoms with Gasteiger partial charge in [-0.1, -0.05) is 24.3 Å². The maximum absolute atomic E-state index is 13.2. The van der Waals surface area contributed by atoms with Crippen LogP contribution in [0.1, 0.15) is 16.7 Å². The number of halogens is 1. The summed E-state index contributed by atoms with van der Waals surface area (Å²) in [5.74, 6) is 1.31. The molecule has 0 N–H and O–H groups in total. The van der Waals surface area contributed by atoms with Gasteiger partial charge in [-0.15, -0.1) is 0 Å². The van der Waals surface area contributed by atoms with Gasteiger partial charge in [0.05, 0.1) is 14.2 Å². The van der Waals surface area contributed by atoms with E-state index >= 15 is 0 Å². The highest BCUT2D eigenvalue weighted by Crippen LogP contribution is 2.26. The second-order valence-electron chi connectivity index (χ2n) is 6.31. The van der Waals surface area contributed by atoms with E-state index in [4.69, 9.17) is 9.47 Å². The average molecular weight is 366 g/mol. The first-order valence-electron chi connectivity index (χ1n) is 8.74. The topological polar surface area (TPSA) is 34.6 Å². The molecule has 0 aliphatic heterocycles. The summed E-state index contributed by atoms with van der Waals surface area (Å²) in [6.45, 7) is 2.09. The minimum atomic E-state index is -0.227. The summed E-state index contributed by atoms with van der Waals surface area (Å²) in [7, 11) is 3.29. The van der Waals surface area contributed by atoms with Crippen molar-refractivity contribution in [3.63, 3.8) is 0 Å². The van der Waals surface area contributed by atoms with Crippen molar-refractivity contribution in [1.82, 2.24) is 9.88 Å². The van der Waals surface area contributed by atoms with E-state index in [1.807, 2.05) is 42.6 Å². The van der Waals surface area contributed by atoms with Crippen LogP contribution in [0.25, 0.3) is 0 Å². The van der Waals surface area contributed by atoms with Gasteiger partial charge in [0, 0.05) is 43.7 Å². The lowest BCUT2D eigenvalue weighted by Crippen LogP contribution is -2.22. The summed E-state index contributed by atoms with van der Waals surface area (Å²) < 4.78 is 24.1. The van der Waals surface area contributed by atoms with Crippen molar-refractivity contribution in [2.24, 2.45) is 0 Å². The molecule has 3 aromatic rings. The van der Waals surface area contributed by atoms with Gasteiger partial charge in [0.2, 0.25) is 0 Å². The molecule has 0 saturated heterocycles. The number of rotatable bonds is 8. The SMILES string of the molecule is COc1ccc(CN(Cc2ccc(F)cc2)Cc2cccnc2)c(OC)c1. The monoisotopic (exact) mass is 366 g/mol. The summed E-state index contributed by atoms with van der Waals surface area (Å²) in [5.41, 5.74) is 3.23. The van der Waals surface area contributed by atoms with E-state index in [0.29, 0.717) is 13.1 Å². The molecule has 1 heterocycles. The number of hydrogen-bond donors (Lipinski definition) is 0. The Morgan fingerprint density at radius 3 is 2.33 bits per heavy atom. The van der Waals surface area contributed by atoms with Crippen molar-refractivity contribution in [2.45, 2.75) is 19.6 Å². The van der Waals surface area contributed by atoms with Gasteiger partial charge in [0.1, 0.15) is 17.3 Å². The summed E-state index contributed by atoms with van der Waals surface area (Å²) in [6.07, 6.45) is 3.63. The van der Waals surface area contributed by atoms with Gasteiger partial charge in [0.15, 0.2) is 0 Å². The van der Waals surface area contributed by atoms with Crippen LogP contribution in [-0.2, 0) is 19.6 Å². The molecule has 140 valence electrons. The van der Waals surface area contributed by atoms with Crippen LogP contribution < -0.4 is 9.47 Å². The van der Waals surface area contributed by atoms with Crippen molar-refractivity contribution in [3.8, 4) is 11.5 Å². The third-order valence-corrected chi connectivity index (χ3v) is 4.34. The maximum atomic E-state index is 13.2. The third kappa shape index (κ3) is 5.28. The summed E-state index contributed by atoms with van der Waals surface area (Å²) >= 11 is 0. The molecule has 0 spiro atoms. The van der Waals surface area contributed by atoms with Crippen molar-refractivity contribution < 1.29 is 13.9 Å². The quantitative estimate of drug-likeness (QED) is 0.590. The zero-order chi connectivity index (χ0) is 19.1. The minimum absolute atomic E-state index is 0.227. The molecule has 0 aliphatic rings. The van der Waals surface area contributed by atoms with E-state index in [1.54, 1.807) is 20.4 Å². The van der Waals surface area contributed by atoms with Gasteiger partial charge in [-0.3, -0.25) is 9.88 Å². The van der Waals surface area contributed by atoms with Crippen molar-refractivity contribution >= 4 is 0 Å². The molecule has 0 aliphatic carbocycles. The van der Waals surface area contributed by atoms with E-state index in [-0.39, 0.29) is 5.82 Å². The van der Waals surface area contributed by atoms with Gasteiger partial charge < -0.3 is 9.47 Å². The van der Waals surface area contributed by atoms with Crippen LogP contribution in [0.15, 0.2) is 67.0 Å². The number of ether oxygens (including phenoxy) is 2. The van der Waals surface area contributed by atoms with Gasteiger partial charge in [-0.25, -0.2) is 4.39 Å². The van der Waals surface area contributed by atoms with Crippen LogP contribution in [0.2, 0.25) is 0 Å². The van der Waals surface area contributed by atoms with Crippen molar-refractivity contribution in [2.75, 3.05) is 14.2 Å². The van der Waals surface area contributed by atoms with E-state index in [9.17, 15) is 4.39 Å². The molecule has 0 unspecified atom stereocenters. The predicted molar refractivity (Wildman–Crippen MR) is 103 cm³/mol. The summed E-state index contributed by atoms with van der Waals surface area (Å²) in [5, 5.41) is 0. The van der Waals surface area contributed by atoms with Crippen LogP contribution in [0.4, 0.5) is 4.39 Å². The Labute approximate surface area is 159 Å². The lowest BCUT2D eigenvalue weighted by atomic mass is 10.1. The number of aromatic nitrogens is 1.